The van der Waals surface area contributed by atoms with Crippen LogP contribution in [0.3, 0.4) is 0 Å². The highest BCUT2D eigenvalue weighted by Crippen LogP contribution is 2.35. The van der Waals surface area contributed by atoms with E-state index in [2.05, 4.69) is 24.5 Å². The molecule has 1 aromatic carbocycles. The maximum atomic E-state index is 5.85. The van der Waals surface area contributed by atoms with E-state index in [0.717, 1.165) is 18.8 Å². The van der Waals surface area contributed by atoms with E-state index in [1.165, 1.54) is 18.4 Å². The first-order valence-electron chi connectivity index (χ1n) is 7.12. The van der Waals surface area contributed by atoms with Crippen molar-refractivity contribution in [3.05, 3.63) is 29.8 Å². The highest BCUT2D eigenvalue weighted by atomic mass is 16.5. The summed E-state index contributed by atoms with van der Waals surface area (Å²) >= 11 is 0. The Hall–Kier alpha value is -1.10. The summed E-state index contributed by atoms with van der Waals surface area (Å²) in [6.45, 7) is 2.94. The van der Waals surface area contributed by atoms with E-state index in [-0.39, 0.29) is 12.1 Å². The van der Waals surface area contributed by atoms with Crippen molar-refractivity contribution in [2.45, 2.75) is 44.4 Å². The second-order valence-electron chi connectivity index (χ2n) is 5.56. The van der Waals surface area contributed by atoms with Crippen molar-refractivity contribution < 1.29 is 9.47 Å². The topological polar surface area (TPSA) is 56.5 Å². The molecule has 3 unspecified atom stereocenters. The van der Waals surface area contributed by atoms with Crippen molar-refractivity contribution in [1.29, 1.82) is 0 Å². The number of benzene rings is 1. The van der Waals surface area contributed by atoms with Crippen LogP contribution in [0.25, 0.3) is 0 Å². The first kappa shape index (κ1) is 12.9. The van der Waals surface area contributed by atoms with Crippen molar-refractivity contribution in [1.82, 2.24) is 5.43 Å². The standard InChI is InChI=1S/C15H22N2O2/c1-10-14(7-8-18-10)15(17-16)11-3-2-4-13(9-11)19-12-5-6-12/h2-4,9-10,12,14-15,17H,5-8,16H2,1H3. The Morgan fingerprint density at radius 2 is 2.21 bits per heavy atom. The van der Waals surface area contributed by atoms with Crippen molar-refractivity contribution in [3.8, 4) is 5.75 Å². The summed E-state index contributed by atoms with van der Waals surface area (Å²) < 4.78 is 11.5. The fourth-order valence-electron chi connectivity index (χ4n) is 2.81. The van der Waals surface area contributed by atoms with E-state index in [1.54, 1.807) is 0 Å². The average Bonchev–Trinajstić information content (AvgIpc) is 3.13. The molecular weight excluding hydrogens is 240 g/mol. The Bertz CT molecular complexity index is 434. The number of hydrogen-bond donors (Lipinski definition) is 2. The van der Waals surface area contributed by atoms with Crippen molar-refractivity contribution >= 4 is 0 Å². The van der Waals surface area contributed by atoms with Gasteiger partial charge >= 0.3 is 0 Å². The monoisotopic (exact) mass is 262 g/mol. The minimum atomic E-state index is 0.125. The fraction of sp³-hybridized carbons (Fsp3) is 0.600. The minimum Gasteiger partial charge on any atom is -0.490 e. The lowest BCUT2D eigenvalue weighted by atomic mass is 9.89. The summed E-state index contributed by atoms with van der Waals surface area (Å²) in [5.41, 5.74) is 4.13. The molecule has 0 spiro atoms. The number of nitrogens with two attached hydrogens (primary N) is 1. The molecule has 0 radical (unpaired) electrons. The molecule has 1 saturated carbocycles. The molecule has 0 bridgehead atoms. The van der Waals surface area contributed by atoms with Crippen LogP contribution >= 0.6 is 0 Å². The van der Waals surface area contributed by atoms with E-state index >= 15 is 0 Å². The molecule has 0 aromatic heterocycles. The van der Waals surface area contributed by atoms with Crippen molar-refractivity contribution in [2.75, 3.05) is 6.61 Å². The Morgan fingerprint density at radius 3 is 2.84 bits per heavy atom. The number of ether oxygens (including phenoxy) is 2. The van der Waals surface area contributed by atoms with Gasteiger partial charge in [0.25, 0.3) is 0 Å². The zero-order valence-electron chi connectivity index (χ0n) is 11.3. The minimum absolute atomic E-state index is 0.125. The predicted octanol–water partition coefficient (Wildman–Crippen LogP) is 2.16. The Kier molecular flexibility index (Phi) is 3.73. The van der Waals surface area contributed by atoms with Crippen LogP contribution in [0.15, 0.2) is 24.3 Å². The summed E-state index contributed by atoms with van der Waals surface area (Å²) in [7, 11) is 0. The van der Waals surface area contributed by atoms with Gasteiger partial charge in [-0.1, -0.05) is 12.1 Å². The van der Waals surface area contributed by atoms with Crippen LogP contribution in [0.1, 0.15) is 37.8 Å². The molecule has 2 aliphatic rings. The number of nitrogens with one attached hydrogen (secondary N) is 1. The normalized spacial score (nSPS) is 28.3. The molecule has 4 heteroatoms. The van der Waals surface area contributed by atoms with Gasteiger partial charge in [0.1, 0.15) is 5.75 Å². The van der Waals surface area contributed by atoms with E-state index < -0.39 is 0 Å². The van der Waals surface area contributed by atoms with Gasteiger partial charge in [0.2, 0.25) is 0 Å². The van der Waals surface area contributed by atoms with Crippen LogP contribution in [0.5, 0.6) is 5.75 Å². The molecule has 1 aliphatic heterocycles. The Morgan fingerprint density at radius 1 is 1.37 bits per heavy atom. The van der Waals surface area contributed by atoms with Gasteiger partial charge in [0, 0.05) is 12.5 Å². The smallest absolute Gasteiger partial charge is 0.120 e. The van der Waals surface area contributed by atoms with Crippen LogP contribution in [0.2, 0.25) is 0 Å². The number of hydrazine groups is 1. The molecule has 3 atom stereocenters. The molecule has 1 saturated heterocycles. The zero-order chi connectivity index (χ0) is 13.2. The van der Waals surface area contributed by atoms with Gasteiger partial charge in [-0.05, 0) is 43.9 Å². The predicted molar refractivity (Wildman–Crippen MR) is 73.7 cm³/mol. The highest BCUT2D eigenvalue weighted by Gasteiger charge is 2.32. The molecule has 3 rings (SSSR count). The quantitative estimate of drug-likeness (QED) is 0.630. The molecule has 104 valence electrons. The molecular formula is C15H22N2O2. The Balaban J connectivity index is 1.77. The van der Waals surface area contributed by atoms with Crippen molar-refractivity contribution in [2.24, 2.45) is 11.8 Å². The van der Waals surface area contributed by atoms with Gasteiger partial charge in [-0.2, -0.15) is 0 Å². The third-order valence-electron chi connectivity index (χ3n) is 4.09. The van der Waals surface area contributed by atoms with Crippen LogP contribution in [-0.2, 0) is 4.74 Å². The van der Waals surface area contributed by atoms with Gasteiger partial charge in [-0.15, -0.1) is 0 Å². The van der Waals surface area contributed by atoms with E-state index in [1.807, 2.05) is 12.1 Å². The zero-order valence-corrected chi connectivity index (χ0v) is 11.3. The van der Waals surface area contributed by atoms with Crippen LogP contribution < -0.4 is 16.0 Å². The molecule has 4 nitrogen and oxygen atoms in total. The van der Waals surface area contributed by atoms with Crippen LogP contribution in [0, 0.1) is 5.92 Å². The summed E-state index contributed by atoms with van der Waals surface area (Å²) in [5.74, 6) is 7.13. The maximum Gasteiger partial charge on any atom is 0.120 e. The summed E-state index contributed by atoms with van der Waals surface area (Å²) in [5, 5.41) is 0. The molecule has 1 heterocycles. The lowest BCUT2D eigenvalue weighted by Gasteiger charge is -2.25. The van der Waals surface area contributed by atoms with E-state index in [4.69, 9.17) is 15.3 Å². The molecule has 3 N–H and O–H groups in total. The van der Waals surface area contributed by atoms with Gasteiger partial charge in [-0.3, -0.25) is 11.3 Å². The van der Waals surface area contributed by atoms with Crippen LogP contribution in [0.4, 0.5) is 0 Å². The number of hydrogen-bond acceptors (Lipinski definition) is 4. The molecule has 2 fully saturated rings. The lowest BCUT2D eigenvalue weighted by molar-refractivity contribution is 0.0953. The average molecular weight is 262 g/mol. The highest BCUT2D eigenvalue weighted by molar-refractivity contribution is 5.31. The second-order valence-corrected chi connectivity index (χ2v) is 5.56. The van der Waals surface area contributed by atoms with Gasteiger partial charge < -0.3 is 9.47 Å². The van der Waals surface area contributed by atoms with E-state index in [9.17, 15) is 0 Å². The molecule has 1 aromatic rings. The fourth-order valence-corrected chi connectivity index (χ4v) is 2.81. The molecule has 1 aliphatic carbocycles. The third-order valence-corrected chi connectivity index (χ3v) is 4.09. The summed E-state index contributed by atoms with van der Waals surface area (Å²) in [6, 6.07) is 8.39. The summed E-state index contributed by atoms with van der Waals surface area (Å²) in [6.07, 6.45) is 4.07. The van der Waals surface area contributed by atoms with E-state index in [0.29, 0.717) is 12.0 Å². The summed E-state index contributed by atoms with van der Waals surface area (Å²) in [4.78, 5) is 0. The largest absolute Gasteiger partial charge is 0.490 e. The lowest BCUT2D eigenvalue weighted by Crippen LogP contribution is -2.36. The molecule has 19 heavy (non-hydrogen) atoms. The third kappa shape index (κ3) is 2.91. The maximum absolute atomic E-state index is 5.85. The van der Waals surface area contributed by atoms with Gasteiger partial charge in [-0.25, -0.2) is 0 Å². The second kappa shape index (κ2) is 5.49. The van der Waals surface area contributed by atoms with Crippen molar-refractivity contribution in [3.63, 3.8) is 0 Å². The van der Waals surface area contributed by atoms with Gasteiger partial charge in [0.15, 0.2) is 0 Å². The van der Waals surface area contributed by atoms with Gasteiger partial charge in [0.05, 0.1) is 18.2 Å². The van der Waals surface area contributed by atoms with Crippen LogP contribution in [-0.4, -0.2) is 18.8 Å². The Labute approximate surface area is 114 Å². The SMILES string of the molecule is CC1OCCC1C(NN)c1cccc(OC2CC2)c1. The first-order chi connectivity index (χ1) is 9.28. The molecule has 0 amide bonds. The number of rotatable bonds is 5. The first-order valence-corrected chi connectivity index (χ1v) is 7.12.